The van der Waals surface area contributed by atoms with Crippen molar-refractivity contribution in [2.75, 3.05) is 18.5 Å². The third-order valence-corrected chi connectivity index (χ3v) is 2.69. The minimum atomic E-state index is -0.862. The summed E-state index contributed by atoms with van der Waals surface area (Å²) in [5, 5.41) is 20.7. The summed E-state index contributed by atoms with van der Waals surface area (Å²) in [6.07, 6.45) is 2.43. The van der Waals surface area contributed by atoms with E-state index in [4.69, 9.17) is 5.11 Å². The number of imidazole rings is 1. The average molecular weight is 265 g/mol. The van der Waals surface area contributed by atoms with Crippen LogP contribution in [0.3, 0.4) is 0 Å². The van der Waals surface area contributed by atoms with E-state index in [-0.39, 0.29) is 19.0 Å². The molecule has 0 aliphatic heterocycles. The number of hydrogen-bond acceptors (Lipinski definition) is 4. The van der Waals surface area contributed by atoms with Gasteiger partial charge in [0.2, 0.25) is 0 Å². The summed E-state index contributed by atoms with van der Waals surface area (Å²) in [5.41, 5.74) is 1.77. The Morgan fingerprint density at radius 2 is 2.26 bits per heavy atom. The van der Waals surface area contributed by atoms with Gasteiger partial charge in [-0.25, -0.2) is 9.37 Å². The van der Waals surface area contributed by atoms with Crippen LogP contribution in [0.15, 0.2) is 30.7 Å². The van der Waals surface area contributed by atoms with Crippen LogP contribution < -0.4 is 5.32 Å². The molecule has 6 heteroatoms. The van der Waals surface area contributed by atoms with Crippen molar-refractivity contribution in [3.05, 3.63) is 42.2 Å². The highest BCUT2D eigenvalue weighted by Gasteiger charge is 2.07. The topological polar surface area (TPSA) is 70.3 Å². The summed E-state index contributed by atoms with van der Waals surface area (Å²) in [4.78, 5) is 4.05. The van der Waals surface area contributed by atoms with Crippen LogP contribution in [0.5, 0.6) is 0 Å². The van der Waals surface area contributed by atoms with Crippen molar-refractivity contribution in [2.45, 2.75) is 13.0 Å². The highest BCUT2D eigenvalue weighted by Crippen LogP contribution is 2.18. The fourth-order valence-corrected chi connectivity index (χ4v) is 1.68. The molecule has 0 saturated carbocycles. The summed E-state index contributed by atoms with van der Waals surface area (Å²) in [7, 11) is 0. The van der Waals surface area contributed by atoms with Gasteiger partial charge in [-0.05, 0) is 25.1 Å². The first-order chi connectivity index (χ1) is 9.10. The average Bonchev–Trinajstić information content (AvgIpc) is 2.82. The van der Waals surface area contributed by atoms with Gasteiger partial charge in [-0.2, -0.15) is 0 Å². The zero-order valence-corrected chi connectivity index (χ0v) is 10.5. The summed E-state index contributed by atoms with van der Waals surface area (Å²) in [5.74, 6) is -0.388. The summed E-state index contributed by atoms with van der Waals surface area (Å²) in [6.45, 7) is 1.67. The van der Waals surface area contributed by atoms with E-state index in [1.807, 2.05) is 6.92 Å². The van der Waals surface area contributed by atoms with Gasteiger partial charge in [0.25, 0.3) is 0 Å². The van der Waals surface area contributed by atoms with Crippen molar-refractivity contribution in [1.29, 1.82) is 0 Å². The smallest absolute Gasteiger partial charge is 0.149 e. The van der Waals surface area contributed by atoms with Crippen molar-refractivity contribution < 1.29 is 14.6 Å². The van der Waals surface area contributed by atoms with E-state index in [1.54, 1.807) is 29.2 Å². The Bertz CT molecular complexity index is 557. The number of hydrogen-bond donors (Lipinski definition) is 3. The van der Waals surface area contributed by atoms with Crippen molar-refractivity contribution in [1.82, 2.24) is 9.55 Å². The van der Waals surface area contributed by atoms with Gasteiger partial charge >= 0.3 is 0 Å². The molecule has 1 aromatic carbocycles. The maximum Gasteiger partial charge on any atom is 0.149 e. The van der Waals surface area contributed by atoms with Gasteiger partial charge in [-0.15, -0.1) is 0 Å². The predicted molar refractivity (Wildman–Crippen MR) is 69.8 cm³/mol. The molecule has 1 unspecified atom stereocenters. The van der Waals surface area contributed by atoms with E-state index in [0.717, 1.165) is 5.69 Å². The molecule has 1 atom stereocenters. The van der Waals surface area contributed by atoms with E-state index >= 15 is 0 Å². The normalized spacial score (nSPS) is 12.4. The molecule has 0 amide bonds. The molecule has 0 spiro atoms. The highest BCUT2D eigenvalue weighted by atomic mass is 19.1. The maximum absolute atomic E-state index is 14.0. The molecular weight excluding hydrogens is 249 g/mol. The third-order valence-electron chi connectivity index (χ3n) is 2.69. The molecule has 0 saturated heterocycles. The van der Waals surface area contributed by atoms with E-state index in [9.17, 15) is 9.50 Å². The molecule has 2 rings (SSSR count). The summed E-state index contributed by atoms with van der Waals surface area (Å²) < 4.78 is 15.6. The number of aryl methyl sites for hydroxylation is 1. The number of benzene rings is 1. The van der Waals surface area contributed by atoms with Crippen LogP contribution in [-0.2, 0) is 0 Å². The van der Waals surface area contributed by atoms with Gasteiger partial charge in [-0.3, -0.25) is 0 Å². The number of anilines is 1. The van der Waals surface area contributed by atoms with Crippen molar-refractivity contribution in [2.24, 2.45) is 0 Å². The van der Waals surface area contributed by atoms with Crippen molar-refractivity contribution >= 4 is 5.69 Å². The Kier molecular flexibility index (Phi) is 4.13. The molecular formula is C13H16FN3O2. The first-order valence-corrected chi connectivity index (χ1v) is 5.93. The molecule has 3 N–H and O–H groups in total. The molecule has 19 heavy (non-hydrogen) atoms. The second-order valence-electron chi connectivity index (χ2n) is 4.31. The van der Waals surface area contributed by atoms with Gasteiger partial charge in [0, 0.05) is 18.4 Å². The fourth-order valence-electron chi connectivity index (χ4n) is 1.68. The zero-order chi connectivity index (χ0) is 13.8. The van der Waals surface area contributed by atoms with Crippen LogP contribution in [0.1, 0.15) is 5.69 Å². The van der Waals surface area contributed by atoms with E-state index in [0.29, 0.717) is 11.4 Å². The monoisotopic (exact) mass is 265 g/mol. The number of aromatic nitrogens is 2. The number of nitrogens with zero attached hydrogens (tertiary/aromatic N) is 2. The Labute approximate surface area is 110 Å². The second kappa shape index (κ2) is 5.81. The van der Waals surface area contributed by atoms with Crippen LogP contribution in [-0.4, -0.2) is 39.0 Å². The highest BCUT2D eigenvalue weighted by molar-refractivity contribution is 5.50. The minimum Gasteiger partial charge on any atom is -0.394 e. The van der Waals surface area contributed by atoms with E-state index < -0.39 is 6.10 Å². The van der Waals surface area contributed by atoms with Crippen LogP contribution in [0.2, 0.25) is 0 Å². The summed E-state index contributed by atoms with van der Waals surface area (Å²) in [6, 6.07) is 4.68. The largest absolute Gasteiger partial charge is 0.394 e. The quantitative estimate of drug-likeness (QED) is 0.756. The van der Waals surface area contributed by atoms with E-state index in [2.05, 4.69) is 10.3 Å². The Morgan fingerprint density at radius 3 is 2.84 bits per heavy atom. The van der Waals surface area contributed by atoms with Crippen LogP contribution in [0.4, 0.5) is 10.1 Å². The third kappa shape index (κ3) is 3.30. The predicted octanol–water partition coefficient (Wildman–Crippen LogP) is 1.08. The van der Waals surface area contributed by atoms with Gasteiger partial charge in [0.1, 0.15) is 5.82 Å². The molecule has 1 aromatic heterocycles. The standard InChI is InChI=1S/C13H16FN3O2/c1-9-6-17(8-16-9)13-3-2-10(4-12(13)14)15-5-11(19)7-18/h2-4,6,8,11,15,18-19H,5,7H2,1H3. The summed E-state index contributed by atoms with van der Waals surface area (Å²) >= 11 is 0. The lowest BCUT2D eigenvalue weighted by molar-refractivity contribution is 0.105. The number of nitrogens with one attached hydrogen (secondary N) is 1. The second-order valence-corrected chi connectivity index (χ2v) is 4.31. The molecule has 0 bridgehead atoms. The van der Waals surface area contributed by atoms with Crippen LogP contribution in [0, 0.1) is 12.7 Å². The lowest BCUT2D eigenvalue weighted by Crippen LogP contribution is -2.22. The van der Waals surface area contributed by atoms with Crippen LogP contribution in [0.25, 0.3) is 5.69 Å². The van der Waals surface area contributed by atoms with Crippen molar-refractivity contribution in [3.63, 3.8) is 0 Å². The lowest BCUT2D eigenvalue weighted by Gasteiger charge is -2.11. The Hall–Kier alpha value is -1.92. The molecule has 0 aliphatic rings. The number of halogens is 1. The molecule has 0 aliphatic carbocycles. The Morgan fingerprint density at radius 1 is 1.47 bits per heavy atom. The number of aliphatic hydroxyl groups is 2. The molecule has 102 valence electrons. The number of aliphatic hydroxyl groups excluding tert-OH is 2. The fraction of sp³-hybridized carbons (Fsp3) is 0.308. The minimum absolute atomic E-state index is 0.166. The van der Waals surface area contributed by atoms with Gasteiger partial charge in [0.05, 0.1) is 30.4 Å². The first kappa shape index (κ1) is 13.5. The maximum atomic E-state index is 14.0. The van der Waals surface area contributed by atoms with Gasteiger partial charge in [0.15, 0.2) is 0 Å². The zero-order valence-electron chi connectivity index (χ0n) is 10.5. The van der Waals surface area contributed by atoms with E-state index in [1.165, 1.54) is 6.07 Å². The molecule has 2 aromatic rings. The lowest BCUT2D eigenvalue weighted by atomic mass is 10.2. The van der Waals surface area contributed by atoms with Gasteiger partial charge < -0.3 is 20.1 Å². The first-order valence-electron chi connectivity index (χ1n) is 5.93. The van der Waals surface area contributed by atoms with Gasteiger partial charge in [-0.1, -0.05) is 0 Å². The number of rotatable bonds is 5. The SMILES string of the molecule is Cc1cn(-c2ccc(NCC(O)CO)cc2F)cn1. The molecule has 1 heterocycles. The molecule has 5 nitrogen and oxygen atoms in total. The Balaban J connectivity index is 2.13. The van der Waals surface area contributed by atoms with Crippen molar-refractivity contribution in [3.8, 4) is 5.69 Å². The van der Waals surface area contributed by atoms with Crippen LogP contribution >= 0.6 is 0 Å². The molecule has 0 fully saturated rings. The molecule has 0 radical (unpaired) electrons.